The van der Waals surface area contributed by atoms with Crippen molar-refractivity contribution in [2.45, 2.75) is 26.4 Å². The lowest BCUT2D eigenvalue weighted by molar-refractivity contribution is -0.125. The number of H-pyrrole nitrogens is 1. The summed E-state index contributed by atoms with van der Waals surface area (Å²) in [5.41, 5.74) is 2.40. The molecule has 0 saturated carbocycles. The van der Waals surface area contributed by atoms with Crippen molar-refractivity contribution in [1.82, 2.24) is 4.98 Å². The number of benzene rings is 2. The van der Waals surface area contributed by atoms with Gasteiger partial charge in [-0.05, 0) is 43.2 Å². The molecule has 2 aromatic carbocycles. The highest BCUT2D eigenvalue weighted by Gasteiger charge is 2.30. The highest BCUT2D eigenvalue weighted by atomic mass is 16.5. The van der Waals surface area contributed by atoms with Gasteiger partial charge in [0.15, 0.2) is 0 Å². The SMILES string of the molecule is CCc1[nH]c(C(=O)OC(C(=O)Nc2ccc(OC)cc2)c2ccccc2)c(C)c1C(=O)OC. The van der Waals surface area contributed by atoms with Gasteiger partial charge in [-0.2, -0.15) is 0 Å². The number of hydrogen-bond donors (Lipinski definition) is 2. The molecule has 0 saturated heterocycles. The lowest BCUT2D eigenvalue weighted by atomic mass is 10.1. The molecule has 0 spiro atoms. The Balaban J connectivity index is 1.89. The number of rotatable bonds is 8. The quantitative estimate of drug-likeness (QED) is 0.498. The molecular weight excluding hydrogens is 424 g/mol. The van der Waals surface area contributed by atoms with Crippen LogP contribution in [0.15, 0.2) is 54.6 Å². The van der Waals surface area contributed by atoms with Gasteiger partial charge < -0.3 is 24.5 Å². The van der Waals surface area contributed by atoms with Crippen LogP contribution in [0.1, 0.15) is 50.7 Å². The zero-order valence-corrected chi connectivity index (χ0v) is 18.9. The Bertz CT molecular complexity index is 1140. The van der Waals surface area contributed by atoms with E-state index in [0.717, 1.165) is 0 Å². The summed E-state index contributed by atoms with van der Waals surface area (Å²) in [7, 11) is 2.83. The number of carbonyl (C=O) groups is 3. The highest BCUT2D eigenvalue weighted by Crippen LogP contribution is 2.26. The fraction of sp³-hybridized carbons (Fsp3) is 0.240. The van der Waals surface area contributed by atoms with E-state index >= 15 is 0 Å². The van der Waals surface area contributed by atoms with Gasteiger partial charge in [-0.1, -0.05) is 37.3 Å². The molecule has 2 N–H and O–H groups in total. The largest absolute Gasteiger partial charge is 0.497 e. The third-order valence-corrected chi connectivity index (χ3v) is 5.20. The van der Waals surface area contributed by atoms with Crippen LogP contribution < -0.4 is 10.1 Å². The number of methoxy groups -OCH3 is 2. The molecule has 0 aliphatic rings. The molecule has 1 aromatic heterocycles. The smallest absolute Gasteiger partial charge is 0.356 e. The van der Waals surface area contributed by atoms with Crippen molar-refractivity contribution in [1.29, 1.82) is 0 Å². The van der Waals surface area contributed by atoms with Crippen LogP contribution in [-0.2, 0) is 20.7 Å². The number of aryl methyl sites for hydroxylation is 1. The van der Waals surface area contributed by atoms with Gasteiger partial charge in [0.05, 0.1) is 19.8 Å². The van der Waals surface area contributed by atoms with E-state index in [1.807, 2.05) is 6.92 Å². The summed E-state index contributed by atoms with van der Waals surface area (Å²) in [5.74, 6) is -1.17. The number of anilines is 1. The first kappa shape index (κ1) is 23.6. The number of esters is 2. The Labute approximate surface area is 191 Å². The van der Waals surface area contributed by atoms with Crippen molar-refractivity contribution in [3.05, 3.63) is 82.7 Å². The van der Waals surface area contributed by atoms with E-state index in [0.29, 0.717) is 40.2 Å². The lowest BCUT2D eigenvalue weighted by Crippen LogP contribution is -2.26. The van der Waals surface area contributed by atoms with Crippen molar-refractivity contribution in [3.63, 3.8) is 0 Å². The molecule has 0 aliphatic carbocycles. The van der Waals surface area contributed by atoms with Crippen LogP contribution in [0.2, 0.25) is 0 Å². The van der Waals surface area contributed by atoms with Crippen LogP contribution in [0.4, 0.5) is 5.69 Å². The third-order valence-electron chi connectivity index (χ3n) is 5.20. The molecule has 1 amide bonds. The summed E-state index contributed by atoms with van der Waals surface area (Å²) in [5, 5.41) is 2.76. The van der Waals surface area contributed by atoms with E-state index in [4.69, 9.17) is 14.2 Å². The second-order valence-electron chi connectivity index (χ2n) is 7.24. The van der Waals surface area contributed by atoms with Gasteiger partial charge in [0.1, 0.15) is 11.4 Å². The van der Waals surface area contributed by atoms with Crippen molar-refractivity contribution >= 4 is 23.5 Å². The molecule has 0 radical (unpaired) electrons. The minimum atomic E-state index is -1.21. The van der Waals surface area contributed by atoms with E-state index in [1.54, 1.807) is 68.6 Å². The number of nitrogens with one attached hydrogen (secondary N) is 2. The maximum absolute atomic E-state index is 13.1. The Hall–Kier alpha value is -4.07. The fourth-order valence-electron chi connectivity index (χ4n) is 3.46. The molecule has 8 heteroatoms. The van der Waals surface area contributed by atoms with Gasteiger partial charge in [-0.15, -0.1) is 0 Å². The van der Waals surface area contributed by atoms with E-state index < -0.39 is 23.9 Å². The van der Waals surface area contributed by atoms with E-state index in [9.17, 15) is 14.4 Å². The number of ether oxygens (including phenoxy) is 3. The minimum absolute atomic E-state index is 0.102. The van der Waals surface area contributed by atoms with Gasteiger partial charge >= 0.3 is 11.9 Å². The lowest BCUT2D eigenvalue weighted by Gasteiger charge is -2.18. The maximum atomic E-state index is 13.1. The van der Waals surface area contributed by atoms with E-state index in [-0.39, 0.29) is 5.69 Å². The van der Waals surface area contributed by atoms with Crippen LogP contribution >= 0.6 is 0 Å². The molecule has 33 heavy (non-hydrogen) atoms. The van der Waals surface area contributed by atoms with Crippen LogP contribution in [0.25, 0.3) is 0 Å². The normalized spacial score (nSPS) is 11.4. The first-order valence-electron chi connectivity index (χ1n) is 10.4. The number of hydrogen-bond acceptors (Lipinski definition) is 6. The maximum Gasteiger partial charge on any atom is 0.356 e. The molecule has 0 aliphatic heterocycles. The van der Waals surface area contributed by atoms with Crippen molar-refractivity contribution < 1.29 is 28.6 Å². The van der Waals surface area contributed by atoms with E-state index in [2.05, 4.69) is 10.3 Å². The fourth-order valence-corrected chi connectivity index (χ4v) is 3.46. The van der Waals surface area contributed by atoms with Crippen molar-refractivity contribution in [2.24, 2.45) is 0 Å². The monoisotopic (exact) mass is 450 g/mol. The summed E-state index contributed by atoms with van der Waals surface area (Å²) < 4.78 is 15.6. The third kappa shape index (κ3) is 5.23. The Morgan fingerprint density at radius 1 is 0.970 bits per heavy atom. The van der Waals surface area contributed by atoms with Crippen LogP contribution in [-0.4, -0.2) is 37.0 Å². The molecule has 8 nitrogen and oxygen atoms in total. The molecule has 1 heterocycles. The average Bonchev–Trinajstić information content (AvgIpc) is 3.19. The zero-order chi connectivity index (χ0) is 24.0. The second-order valence-corrected chi connectivity index (χ2v) is 7.24. The standard InChI is InChI=1S/C25H26N2O6/c1-5-19-20(24(29)32-4)15(2)21(27-19)25(30)33-22(16-9-7-6-8-10-16)23(28)26-17-11-13-18(31-3)14-12-17/h6-14,22,27H,5H2,1-4H3,(H,26,28). The summed E-state index contributed by atoms with van der Waals surface area (Å²) in [4.78, 5) is 41.3. The summed E-state index contributed by atoms with van der Waals surface area (Å²) in [6.45, 7) is 3.48. The van der Waals surface area contributed by atoms with Crippen molar-refractivity contribution in [3.8, 4) is 5.75 Å². The minimum Gasteiger partial charge on any atom is -0.497 e. The van der Waals surface area contributed by atoms with Crippen molar-refractivity contribution in [2.75, 3.05) is 19.5 Å². The number of aromatic nitrogens is 1. The first-order valence-corrected chi connectivity index (χ1v) is 10.4. The topological polar surface area (TPSA) is 107 Å². The molecular formula is C25H26N2O6. The van der Waals surface area contributed by atoms with Gasteiger partial charge in [-0.3, -0.25) is 4.79 Å². The van der Waals surface area contributed by atoms with E-state index in [1.165, 1.54) is 7.11 Å². The Kier molecular flexibility index (Phi) is 7.50. The summed E-state index contributed by atoms with van der Waals surface area (Å²) >= 11 is 0. The zero-order valence-electron chi connectivity index (χ0n) is 18.9. The Morgan fingerprint density at radius 3 is 2.21 bits per heavy atom. The molecule has 1 unspecified atom stereocenters. The second kappa shape index (κ2) is 10.5. The average molecular weight is 450 g/mol. The number of amides is 1. The highest BCUT2D eigenvalue weighted by molar-refractivity contribution is 6.01. The summed E-state index contributed by atoms with van der Waals surface area (Å²) in [6.07, 6.45) is -0.728. The molecule has 3 aromatic rings. The van der Waals surface area contributed by atoms with Gasteiger partial charge in [0.2, 0.25) is 6.10 Å². The number of carbonyl (C=O) groups excluding carboxylic acids is 3. The van der Waals surface area contributed by atoms with Gasteiger partial charge in [0.25, 0.3) is 5.91 Å². The van der Waals surface area contributed by atoms with Crippen LogP contribution in [0.3, 0.4) is 0 Å². The molecule has 0 bridgehead atoms. The number of aromatic amines is 1. The molecule has 1 atom stereocenters. The first-order chi connectivity index (χ1) is 15.9. The van der Waals surface area contributed by atoms with Gasteiger partial charge in [0, 0.05) is 16.9 Å². The van der Waals surface area contributed by atoms with Crippen LogP contribution in [0.5, 0.6) is 5.75 Å². The van der Waals surface area contributed by atoms with Crippen LogP contribution in [0, 0.1) is 6.92 Å². The summed E-state index contributed by atoms with van der Waals surface area (Å²) in [6, 6.07) is 15.5. The molecule has 0 fully saturated rings. The van der Waals surface area contributed by atoms with Gasteiger partial charge in [-0.25, -0.2) is 9.59 Å². The Morgan fingerprint density at radius 2 is 1.64 bits per heavy atom. The predicted molar refractivity (Wildman–Crippen MR) is 122 cm³/mol. The predicted octanol–water partition coefficient (Wildman–Crippen LogP) is 4.22. The molecule has 172 valence electrons. The molecule has 3 rings (SSSR count).